The molecular formula is C21H24N4OS2. The number of thioether (sulfide) groups is 1. The van der Waals surface area contributed by atoms with Crippen LogP contribution in [0.5, 0.6) is 0 Å². The van der Waals surface area contributed by atoms with Gasteiger partial charge in [-0.1, -0.05) is 35.5 Å². The molecule has 7 heteroatoms. The molecule has 3 rings (SSSR count). The van der Waals surface area contributed by atoms with Gasteiger partial charge in [0.05, 0.1) is 5.75 Å². The summed E-state index contributed by atoms with van der Waals surface area (Å²) in [6, 6.07) is 5.99. The van der Waals surface area contributed by atoms with Crippen LogP contribution >= 0.6 is 23.1 Å². The fourth-order valence-corrected chi connectivity index (χ4v) is 4.50. The van der Waals surface area contributed by atoms with Crippen molar-refractivity contribution in [3.05, 3.63) is 57.8 Å². The van der Waals surface area contributed by atoms with Crippen molar-refractivity contribution in [2.75, 3.05) is 11.1 Å². The van der Waals surface area contributed by atoms with Gasteiger partial charge >= 0.3 is 0 Å². The predicted molar refractivity (Wildman–Crippen MR) is 118 cm³/mol. The maximum absolute atomic E-state index is 12.4. The van der Waals surface area contributed by atoms with Crippen LogP contribution in [0.15, 0.2) is 41.4 Å². The van der Waals surface area contributed by atoms with E-state index in [0.29, 0.717) is 11.7 Å². The molecule has 0 aliphatic carbocycles. The molecule has 146 valence electrons. The Balaban J connectivity index is 1.74. The van der Waals surface area contributed by atoms with Gasteiger partial charge in [-0.25, -0.2) is 0 Å². The van der Waals surface area contributed by atoms with Crippen LogP contribution in [0.1, 0.15) is 21.6 Å². The van der Waals surface area contributed by atoms with Crippen molar-refractivity contribution in [3.63, 3.8) is 0 Å². The number of aryl methyl sites for hydroxylation is 3. The lowest BCUT2D eigenvalue weighted by molar-refractivity contribution is -0.113. The Morgan fingerprint density at radius 1 is 1.29 bits per heavy atom. The van der Waals surface area contributed by atoms with E-state index >= 15 is 0 Å². The van der Waals surface area contributed by atoms with Crippen molar-refractivity contribution in [3.8, 4) is 11.4 Å². The van der Waals surface area contributed by atoms with Crippen molar-refractivity contribution in [2.45, 2.75) is 39.4 Å². The van der Waals surface area contributed by atoms with E-state index in [2.05, 4.69) is 47.4 Å². The summed E-state index contributed by atoms with van der Waals surface area (Å²) in [6.07, 6.45) is 1.82. The largest absolute Gasteiger partial charge is 0.325 e. The molecule has 0 radical (unpaired) electrons. The molecule has 1 N–H and O–H groups in total. The van der Waals surface area contributed by atoms with Crippen molar-refractivity contribution in [1.29, 1.82) is 0 Å². The van der Waals surface area contributed by atoms with Crippen LogP contribution in [-0.4, -0.2) is 26.4 Å². The third-order valence-corrected chi connectivity index (χ3v) is 6.52. The Labute approximate surface area is 173 Å². The molecular weight excluding hydrogens is 388 g/mol. The molecule has 0 saturated carbocycles. The molecule has 1 amide bonds. The highest BCUT2D eigenvalue weighted by Crippen LogP contribution is 2.31. The number of carbonyl (C=O) groups excluding carboxylic acids is 1. The topological polar surface area (TPSA) is 59.8 Å². The fourth-order valence-electron chi connectivity index (χ4n) is 2.89. The maximum Gasteiger partial charge on any atom is 0.234 e. The summed E-state index contributed by atoms with van der Waals surface area (Å²) in [5.41, 5.74) is 5.37. The summed E-state index contributed by atoms with van der Waals surface area (Å²) in [5, 5.41) is 14.5. The maximum atomic E-state index is 12.4. The average Bonchev–Trinajstić information content (AvgIpc) is 3.19. The first-order valence-corrected chi connectivity index (χ1v) is 10.9. The van der Waals surface area contributed by atoms with E-state index in [0.717, 1.165) is 22.6 Å². The zero-order chi connectivity index (χ0) is 20.3. The van der Waals surface area contributed by atoms with E-state index < -0.39 is 0 Å². The van der Waals surface area contributed by atoms with E-state index in [-0.39, 0.29) is 11.7 Å². The molecule has 0 aliphatic rings. The van der Waals surface area contributed by atoms with Crippen molar-refractivity contribution in [1.82, 2.24) is 14.8 Å². The molecule has 5 nitrogen and oxygen atoms in total. The van der Waals surface area contributed by atoms with Gasteiger partial charge in [0.1, 0.15) is 0 Å². The number of carbonyl (C=O) groups is 1. The highest BCUT2D eigenvalue weighted by Gasteiger charge is 2.18. The van der Waals surface area contributed by atoms with Gasteiger partial charge in [-0.05, 0) is 44.9 Å². The number of hydrogen-bond donors (Lipinski definition) is 1. The second-order valence-corrected chi connectivity index (χ2v) is 8.72. The zero-order valence-corrected chi connectivity index (χ0v) is 18.2. The third-order valence-electron chi connectivity index (χ3n) is 4.54. The van der Waals surface area contributed by atoms with Gasteiger partial charge in [0, 0.05) is 28.1 Å². The lowest BCUT2D eigenvalue weighted by Gasteiger charge is -2.10. The SMILES string of the molecule is C=CCn1c(SCC(=O)Nc2ccc(C)cc2C)nnc1-c1csc(C)c1C. The van der Waals surface area contributed by atoms with E-state index in [1.54, 1.807) is 11.3 Å². The third kappa shape index (κ3) is 4.36. The standard InChI is InChI=1S/C21H24N4OS2/c1-6-9-25-20(17-11-27-16(5)15(17)4)23-24-21(25)28-12-19(26)22-18-8-7-13(2)10-14(18)3/h6-8,10-11H,1,9,12H2,2-5H3,(H,22,26). The number of allylic oxidation sites excluding steroid dienone is 1. The summed E-state index contributed by atoms with van der Waals surface area (Å²) in [6.45, 7) is 12.7. The predicted octanol–water partition coefficient (Wildman–Crippen LogP) is 5.16. The Hall–Kier alpha value is -2.38. The molecule has 28 heavy (non-hydrogen) atoms. The fraction of sp³-hybridized carbons (Fsp3) is 0.286. The monoisotopic (exact) mass is 412 g/mol. The van der Waals surface area contributed by atoms with Crippen LogP contribution in [0, 0.1) is 27.7 Å². The minimum Gasteiger partial charge on any atom is -0.325 e. The molecule has 0 aliphatic heterocycles. The van der Waals surface area contributed by atoms with Gasteiger partial charge < -0.3 is 5.32 Å². The van der Waals surface area contributed by atoms with Gasteiger partial charge in [0.2, 0.25) is 5.91 Å². The smallest absolute Gasteiger partial charge is 0.234 e. The molecule has 0 atom stereocenters. The molecule has 2 aromatic heterocycles. The van der Waals surface area contributed by atoms with Gasteiger partial charge in [-0.3, -0.25) is 9.36 Å². The van der Waals surface area contributed by atoms with Crippen LogP contribution in [0.2, 0.25) is 0 Å². The second kappa shape index (κ2) is 8.75. The Morgan fingerprint density at radius 3 is 2.71 bits per heavy atom. The number of nitrogens with one attached hydrogen (secondary N) is 1. The molecule has 3 aromatic rings. The normalized spacial score (nSPS) is 10.9. The van der Waals surface area contributed by atoms with Crippen LogP contribution in [0.3, 0.4) is 0 Å². The molecule has 0 fully saturated rings. The molecule has 1 aromatic carbocycles. The van der Waals surface area contributed by atoms with E-state index in [9.17, 15) is 4.79 Å². The van der Waals surface area contributed by atoms with E-state index in [1.165, 1.54) is 27.8 Å². The minimum atomic E-state index is -0.0609. The summed E-state index contributed by atoms with van der Waals surface area (Å²) in [5.74, 6) is 1.03. The highest BCUT2D eigenvalue weighted by atomic mass is 32.2. The number of rotatable bonds is 7. The molecule has 0 bridgehead atoms. The molecule has 0 spiro atoms. The summed E-state index contributed by atoms with van der Waals surface area (Å²) in [7, 11) is 0. The van der Waals surface area contributed by atoms with Crippen LogP contribution < -0.4 is 5.32 Å². The first-order valence-electron chi connectivity index (χ1n) is 8.99. The molecule has 2 heterocycles. The first-order chi connectivity index (χ1) is 13.4. The number of hydrogen-bond acceptors (Lipinski definition) is 5. The van der Waals surface area contributed by atoms with Crippen molar-refractivity contribution < 1.29 is 4.79 Å². The van der Waals surface area contributed by atoms with Gasteiger partial charge in [0.15, 0.2) is 11.0 Å². The number of anilines is 1. The second-order valence-electron chi connectivity index (χ2n) is 6.69. The van der Waals surface area contributed by atoms with Crippen molar-refractivity contribution in [2.24, 2.45) is 0 Å². The van der Waals surface area contributed by atoms with Crippen molar-refractivity contribution >= 4 is 34.7 Å². The number of benzene rings is 1. The minimum absolute atomic E-state index is 0.0609. The number of nitrogens with zero attached hydrogens (tertiary/aromatic N) is 3. The lowest BCUT2D eigenvalue weighted by Crippen LogP contribution is -2.15. The average molecular weight is 413 g/mol. The molecule has 0 saturated heterocycles. The van der Waals surface area contributed by atoms with E-state index in [4.69, 9.17) is 0 Å². The summed E-state index contributed by atoms with van der Waals surface area (Å²) >= 11 is 3.09. The lowest BCUT2D eigenvalue weighted by atomic mass is 10.1. The number of amides is 1. The summed E-state index contributed by atoms with van der Waals surface area (Å²) in [4.78, 5) is 13.7. The summed E-state index contributed by atoms with van der Waals surface area (Å²) < 4.78 is 2.01. The van der Waals surface area contributed by atoms with Gasteiger partial charge in [0.25, 0.3) is 0 Å². The van der Waals surface area contributed by atoms with Crippen LogP contribution in [-0.2, 0) is 11.3 Å². The van der Waals surface area contributed by atoms with Gasteiger partial charge in [-0.15, -0.1) is 28.1 Å². The first kappa shape index (κ1) is 20.4. The Morgan fingerprint density at radius 2 is 2.07 bits per heavy atom. The van der Waals surface area contributed by atoms with Crippen LogP contribution in [0.4, 0.5) is 5.69 Å². The highest BCUT2D eigenvalue weighted by molar-refractivity contribution is 7.99. The Bertz CT molecular complexity index is 1020. The van der Waals surface area contributed by atoms with E-state index in [1.807, 2.05) is 36.6 Å². The quantitative estimate of drug-likeness (QED) is 0.430. The number of thiophene rings is 1. The Kier molecular flexibility index (Phi) is 6.36. The van der Waals surface area contributed by atoms with Crippen LogP contribution in [0.25, 0.3) is 11.4 Å². The van der Waals surface area contributed by atoms with Gasteiger partial charge in [-0.2, -0.15) is 0 Å². The molecule has 0 unspecified atom stereocenters. The number of aromatic nitrogens is 3. The zero-order valence-electron chi connectivity index (χ0n) is 16.6.